The van der Waals surface area contributed by atoms with Gasteiger partial charge in [-0.3, -0.25) is 29.3 Å². The lowest BCUT2D eigenvalue weighted by Gasteiger charge is -2.21. The van der Waals surface area contributed by atoms with Crippen LogP contribution in [0.4, 0.5) is 0 Å². The quantitative estimate of drug-likeness (QED) is 0.163. The molecule has 3 N–H and O–H groups in total. The maximum Gasteiger partial charge on any atom is 0.276 e. The van der Waals surface area contributed by atoms with E-state index in [-0.39, 0.29) is 28.9 Å². The number of nitrogens with one attached hydrogen (secondary N) is 3. The Balaban J connectivity index is 0.000000132. The molecule has 4 aliphatic heterocycles. The number of likely N-dealkylation sites (tertiary alicyclic amines) is 1. The third-order valence-electron chi connectivity index (χ3n) is 13.9. The number of hydrogen-bond donors (Lipinski definition) is 3. The average Bonchev–Trinajstić information content (AvgIpc) is 4.19. The summed E-state index contributed by atoms with van der Waals surface area (Å²) in [6.45, 7) is 11.9. The molecule has 6 aromatic heterocycles. The van der Waals surface area contributed by atoms with E-state index in [1.54, 1.807) is 33.7 Å². The highest BCUT2D eigenvalue weighted by Crippen LogP contribution is 2.33. The Morgan fingerprint density at radius 2 is 1.19 bits per heavy atom. The zero-order valence-electron chi connectivity index (χ0n) is 37.9. The Labute approximate surface area is 386 Å². The van der Waals surface area contributed by atoms with E-state index >= 15 is 0 Å². The van der Waals surface area contributed by atoms with E-state index in [0.29, 0.717) is 34.4 Å². The molecular formula is C50H56N12O5. The molecule has 0 bridgehead atoms. The minimum atomic E-state index is -0.114. The third-order valence-corrected chi connectivity index (χ3v) is 13.9. The first-order valence-electron chi connectivity index (χ1n) is 23.5. The molecule has 4 saturated heterocycles. The molecular weight excluding hydrogens is 849 g/mol. The van der Waals surface area contributed by atoms with Gasteiger partial charge in [0.1, 0.15) is 23.3 Å². The van der Waals surface area contributed by atoms with Gasteiger partial charge in [0.15, 0.2) is 17.3 Å². The van der Waals surface area contributed by atoms with E-state index in [1.807, 2.05) is 36.5 Å². The van der Waals surface area contributed by atoms with Gasteiger partial charge in [0.05, 0.1) is 23.4 Å². The van der Waals surface area contributed by atoms with Gasteiger partial charge >= 0.3 is 0 Å². The number of H-pyrrole nitrogens is 2. The van der Waals surface area contributed by atoms with Crippen molar-refractivity contribution in [2.24, 2.45) is 11.8 Å². The summed E-state index contributed by atoms with van der Waals surface area (Å²) in [7, 11) is 0. The lowest BCUT2D eigenvalue weighted by atomic mass is 9.97. The largest absolute Gasteiger partial charge is 0.381 e. The SMILES string of the molecule is CC1CN(Cc2ccnc3ccccc23)CC1c1nn2c(C3CCOCC3)ncc2c(=O)[nH]1.CC1CNCC1c1nn2c(C3CCOCC3)ncc2c(=O)[nH]1.O=Cc1ccnc2ccccc12. The first kappa shape index (κ1) is 44.3. The maximum absolute atomic E-state index is 12.9. The molecule has 67 heavy (non-hydrogen) atoms. The molecule has 0 radical (unpaired) electrons. The van der Waals surface area contributed by atoms with Gasteiger partial charge in [-0.1, -0.05) is 50.2 Å². The predicted octanol–water partition coefficient (Wildman–Crippen LogP) is 5.78. The molecule has 4 unspecified atom stereocenters. The summed E-state index contributed by atoms with van der Waals surface area (Å²) in [5.41, 5.74) is 4.70. The number of carbonyl (C=O) groups excluding carboxylic acids is 1. The van der Waals surface area contributed by atoms with Crippen molar-refractivity contribution in [3.05, 3.63) is 141 Å². The fourth-order valence-electron chi connectivity index (χ4n) is 10.2. The van der Waals surface area contributed by atoms with Crippen LogP contribution in [0.15, 0.2) is 95.0 Å². The number of fused-ring (bicyclic) bond motifs is 4. The minimum absolute atomic E-state index is 0.102. The molecule has 12 rings (SSSR count). The van der Waals surface area contributed by atoms with Crippen LogP contribution in [-0.2, 0) is 16.0 Å². The van der Waals surface area contributed by atoms with Crippen molar-refractivity contribution < 1.29 is 14.3 Å². The molecule has 4 aliphatic rings. The summed E-state index contributed by atoms with van der Waals surface area (Å²) in [4.78, 5) is 62.0. The summed E-state index contributed by atoms with van der Waals surface area (Å²) >= 11 is 0. The lowest BCUT2D eigenvalue weighted by Crippen LogP contribution is -2.24. The number of imidazole rings is 2. The van der Waals surface area contributed by atoms with Crippen LogP contribution in [0.3, 0.4) is 0 Å². The maximum atomic E-state index is 12.9. The summed E-state index contributed by atoms with van der Waals surface area (Å²) in [6.07, 6.45) is 11.4. The number of para-hydroxylation sites is 2. The molecule has 17 heteroatoms. The van der Waals surface area contributed by atoms with Gasteiger partial charge in [0.25, 0.3) is 11.1 Å². The number of aldehydes is 1. The number of rotatable bonds is 7. The van der Waals surface area contributed by atoms with Crippen LogP contribution < -0.4 is 16.4 Å². The monoisotopic (exact) mass is 904 g/mol. The van der Waals surface area contributed by atoms with Crippen molar-refractivity contribution >= 4 is 39.1 Å². The fraction of sp³-hybridized carbons (Fsp3) is 0.420. The summed E-state index contributed by atoms with van der Waals surface area (Å²) < 4.78 is 14.5. The molecule has 10 heterocycles. The molecule has 0 amide bonds. The van der Waals surface area contributed by atoms with Crippen LogP contribution in [0.2, 0.25) is 0 Å². The smallest absolute Gasteiger partial charge is 0.276 e. The highest BCUT2D eigenvalue weighted by Gasteiger charge is 2.34. The van der Waals surface area contributed by atoms with Crippen molar-refractivity contribution in [2.45, 2.75) is 69.7 Å². The van der Waals surface area contributed by atoms with E-state index in [4.69, 9.17) is 19.7 Å². The molecule has 4 atom stereocenters. The fourth-order valence-corrected chi connectivity index (χ4v) is 10.2. The van der Waals surface area contributed by atoms with Gasteiger partial charge < -0.3 is 24.8 Å². The summed E-state index contributed by atoms with van der Waals surface area (Å²) in [5, 5.41) is 15.1. The van der Waals surface area contributed by atoms with Crippen LogP contribution in [0.25, 0.3) is 32.8 Å². The number of hydrogen-bond acceptors (Lipinski definition) is 13. The second kappa shape index (κ2) is 19.7. The summed E-state index contributed by atoms with van der Waals surface area (Å²) in [5.74, 6) is 5.16. The van der Waals surface area contributed by atoms with E-state index in [1.165, 1.54) is 10.9 Å². The van der Waals surface area contributed by atoms with Gasteiger partial charge in [-0.25, -0.2) is 19.0 Å². The molecule has 0 saturated carbocycles. The first-order valence-corrected chi connectivity index (χ1v) is 23.5. The van der Waals surface area contributed by atoms with Gasteiger partial charge in [-0.05, 0) is 73.9 Å². The zero-order chi connectivity index (χ0) is 45.9. The van der Waals surface area contributed by atoms with Gasteiger partial charge in [-0.2, -0.15) is 10.2 Å². The minimum Gasteiger partial charge on any atom is -0.381 e. The Morgan fingerprint density at radius 3 is 1.78 bits per heavy atom. The van der Waals surface area contributed by atoms with E-state index in [0.717, 1.165) is 131 Å². The topological polar surface area (TPSA) is 203 Å². The number of ether oxygens (including phenoxy) is 2. The van der Waals surface area contributed by atoms with E-state index in [9.17, 15) is 14.4 Å². The predicted molar refractivity (Wildman–Crippen MR) is 254 cm³/mol. The zero-order valence-corrected chi connectivity index (χ0v) is 37.9. The van der Waals surface area contributed by atoms with Crippen molar-refractivity contribution in [2.75, 3.05) is 52.6 Å². The number of benzene rings is 2. The van der Waals surface area contributed by atoms with Crippen LogP contribution in [-0.4, -0.2) is 113 Å². The van der Waals surface area contributed by atoms with Gasteiger partial charge in [0, 0.05) is 105 Å². The van der Waals surface area contributed by atoms with Crippen LogP contribution >= 0.6 is 0 Å². The lowest BCUT2D eigenvalue weighted by molar-refractivity contribution is 0.0831. The molecule has 4 fully saturated rings. The number of pyridine rings is 2. The molecule has 0 aliphatic carbocycles. The standard InChI is InChI=1S/C25H28N6O2.C15H21N5O2.C10H7NO/c1-16-13-30(14-18-6-9-26-21-5-3-2-4-19(18)21)15-20(16)23-28-25(32)22-12-27-24(31(22)29-23)17-7-10-33-11-8-17;1-9-6-16-7-11(9)13-18-15(21)12-8-17-14(20(12)19-13)10-2-4-22-5-3-10;12-7-8-5-6-11-10-4-2-1-3-9(8)10/h2-6,9,12,16-17,20H,7-8,10-11,13-15H2,1H3,(H,28,29,32);8-11,16H,2-7H2,1H3,(H,18,19,21);1-7H. The first-order chi connectivity index (χ1) is 32.8. The summed E-state index contributed by atoms with van der Waals surface area (Å²) in [6, 6.07) is 19.7. The van der Waals surface area contributed by atoms with Gasteiger partial charge in [-0.15, -0.1) is 0 Å². The Morgan fingerprint density at radius 1 is 0.642 bits per heavy atom. The molecule has 346 valence electrons. The average molecular weight is 905 g/mol. The van der Waals surface area contributed by atoms with E-state index < -0.39 is 0 Å². The van der Waals surface area contributed by atoms with Crippen molar-refractivity contribution in [3.63, 3.8) is 0 Å². The number of carbonyl (C=O) groups is 1. The van der Waals surface area contributed by atoms with Crippen molar-refractivity contribution in [3.8, 4) is 0 Å². The molecule has 8 aromatic rings. The highest BCUT2D eigenvalue weighted by molar-refractivity contribution is 5.95. The van der Waals surface area contributed by atoms with Crippen molar-refractivity contribution in [1.29, 1.82) is 0 Å². The number of nitrogens with zero attached hydrogens (tertiary/aromatic N) is 9. The molecule has 17 nitrogen and oxygen atoms in total. The normalized spacial score (nSPS) is 21.6. The Kier molecular flexibility index (Phi) is 13.1. The Hall–Kier alpha value is -6.53. The number of aromatic amines is 2. The van der Waals surface area contributed by atoms with Crippen LogP contribution in [0.1, 0.15) is 102 Å². The van der Waals surface area contributed by atoms with Crippen LogP contribution in [0.5, 0.6) is 0 Å². The molecule has 2 aromatic carbocycles. The van der Waals surface area contributed by atoms with Gasteiger partial charge in [0.2, 0.25) is 0 Å². The second-order valence-electron chi connectivity index (χ2n) is 18.3. The van der Waals surface area contributed by atoms with Crippen LogP contribution in [0, 0.1) is 11.8 Å². The van der Waals surface area contributed by atoms with Crippen molar-refractivity contribution in [1.82, 2.24) is 59.3 Å². The molecule has 0 spiro atoms. The third kappa shape index (κ3) is 9.28. The Bertz CT molecular complexity index is 3120. The highest BCUT2D eigenvalue weighted by atomic mass is 16.5. The number of aromatic nitrogens is 10. The second-order valence-corrected chi connectivity index (χ2v) is 18.3. The van der Waals surface area contributed by atoms with E-state index in [2.05, 4.69) is 78.2 Å².